The first kappa shape index (κ1) is 22.3. The number of rotatable bonds is 6. The van der Waals surface area contributed by atoms with Gasteiger partial charge in [0, 0.05) is 38.8 Å². The third-order valence-corrected chi connectivity index (χ3v) is 5.86. The molecule has 7 nitrogen and oxygen atoms in total. The van der Waals surface area contributed by atoms with Gasteiger partial charge < -0.3 is 23.8 Å². The standard InChI is InChI=1S/C24H27ClN2O5/c1-29-20-5-3-18(15-21(20)30-2)16-26-7-9-27(10-8-26)23(28)6-4-17-13-19(25)24-22(14-17)31-11-12-32-24/h3-6,13-15H,7-12,16H2,1-2H3/b6-4+. The monoisotopic (exact) mass is 458 g/mol. The Bertz CT molecular complexity index is 1000. The number of piperazine rings is 1. The Hall–Kier alpha value is -2.90. The minimum absolute atomic E-state index is 0.0122. The number of nitrogens with zero attached hydrogens (tertiary/aromatic N) is 2. The van der Waals surface area contributed by atoms with Crippen LogP contribution in [0.2, 0.25) is 5.02 Å². The topological polar surface area (TPSA) is 60.5 Å². The van der Waals surface area contributed by atoms with Crippen molar-refractivity contribution >= 4 is 23.6 Å². The Labute approximate surface area is 193 Å². The minimum Gasteiger partial charge on any atom is -0.493 e. The van der Waals surface area contributed by atoms with Crippen molar-refractivity contribution in [3.63, 3.8) is 0 Å². The summed E-state index contributed by atoms with van der Waals surface area (Å²) in [5, 5.41) is 0.484. The van der Waals surface area contributed by atoms with Gasteiger partial charge in [0.05, 0.1) is 19.2 Å². The predicted octanol–water partition coefficient (Wildman–Crippen LogP) is 3.49. The molecular formula is C24H27ClN2O5. The lowest BCUT2D eigenvalue weighted by Crippen LogP contribution is -2.47. The highest BCUT2D eigenvalue weighted by Gasteiger charge is 2.20. The Morgan fingerprint density at radius 1 is 1.03 bits per heavy atom. The molecule has 0 aromatic heterocycles. The molecule has 0 aliphatic carbocycles. The molecule has 2 aliphatic rings. The molecule has 8 heteroatoms. The third kappa shape index (κ3) is 5.11. The molecule has 0 spiro atoms. The summed E-state index contributed by atoms with van der Waals surface area (Å²) >= 11 is 6.28. The molecule has 0 N–H and O–H groups in total. The van der Waals surface area contributed by atoms with Gasteiger partial charge >= 0.3 is 0 Å². The summed E-state index contributed by atoms with van der Waals surface area (Å²) in [6.07, 6.45) is 3.36. The maximum Gasteiger partial charge on any atom is 0.246 e. The van der Waals surface area contributed by atoms with Crippen molar-refractivity contribution in [1.29, 1.82) is 0 Å². The van der Waals surface area contributed by atoms with Crippen LogP contribution in [0.25, 0.3) is 6.08 Å². The molecule has 1 saturated heterocycles. The van der Waals surface area contributed by atoms with Crippen LogP contribution >= 0.6 is 11.6 Å². The Kier molecular flexibility index (Phi) is 7.07. The highest BCUT2D eigenvalue weighted by molar-refractivity contribution is 6.32. The molecule has 0 radical (unpaired) electrons. The lowest BCUT2D eigenvalue weighted by molar-refractivity contribution is -0.127. The van der Waals surface area contributed by atoms with Gasteiger partial charge in [-0.2, -0.15) is 0 Å². The van der Waals surface area contributed by atoms with Gasteiger partial charge in [-0.05, 0) is 41.5 Å². The number of ether oxygens (including phenoxy) is 4. The van der Waals surface area contributed by atoms with E-state index in [9.17, 15) is 4.79 Å². The fourth-order valence-electron chi connectivity index (χ4n) is 3.86. The van der Waals surface area contributed by atoms with E-state index in [4.69, 9.17) is 30.5 Å². The quantitative estimate of drug-likeness (QED) is 0.618. The van der Waals surface area contributed by atoms with Crippen LogP contribution in [-0.4, -0.2) is 69.3 Å². The average molecular weight is 459 g/mol. The van der Waals surface area contributed by atoms with Crippen LogP contribution in [0.5, 0.6) is 23.0 Å². The van der Waals surface area contributed by atoms with Crippen LogP contribution in [0.3, 0.4) is 0 Å². The second-order valence-electron chi connectivity index (χ2n) is 7.65. The molecule has 2 aliphatic heterocycles. The number of halogens is 1. The van der Waals surface area contributed by atoms with E-state index in [1.807, 2.05) is 29.2 Å². The minimum atomic E-state index is -0.0122. The molecule has 0 atom stereocenters. The van der Waals surface area contributed by atoms with E-state index in [-0.39, 0.29) is 5.91 Å². The largest absolute Gasteiger partial charge is 0.493 e. The van der Waals surface area contributed by atoms with Crippen LogP contribution in [0.1, 0.15) is 11.1 Å². The Morgan fingerprint density at radius 2 is 1.78 bits per heavy atom. The van der Waals surface area contributed by atoms with Gasteiger partial charge in [0.1, 0.15) is 13.2 Å². The number of carbonyl (C=O) groups is 1. The summed E-state index contributed by atoms with van der Waals surface area (Å²) in [6.45, 7) is 4.75. The molecule has 0 unspecified atom stereocenters. The van der Waals surface area contributed by atoms with Crippen molar-refractivity contribution in [3.8, 4) is 23.0 Å². The molecule has 0 bridgehead atoms. The normalized spacial score (nSPS) is 16.3. The van der Waals surface area contributed by atoms with Gasteiger partial charge in [-0.25, -0.2) is 0 Å². The lowest BCUT2D eigenvalue weighted by atomic mass is 10.1. The third-order valence-electron chi connectivity index (χ3n) is 5.58. The van der Waals surface area contributed by atoms with Gasteiger partial charge in [0.25, 0.3) is 0 Å². The van der Waals surface area contributed by atoms with Crippen molar-refractivity contribution in [3.05, 3.63) is 52.6 Å². The zero-order valence-corrected chi connectivity index (χ0v) is 19.1. The van der Waals surface area contributed by atoms with Gasteiger partial charge in [-0.3, -0.25) is 9.69 Å². The van der Waals surface area contributed by atoms with E-state index in [0.717, 1.165) is 42.3 Å². The zero-order chi connectivity index (χ0) is 22.5. The zero-order valence-electron chi connectivity index (χ0n) is 18.3. The van der Waals surface area contributed by atoms with Crippen LogP contribution in [0, 0.1) is 0 Å². The molecular weight excluding hydrogens is 432 g/mol. The number of hydrogen-bond donors (Lipinski definition) is 0. The second kappa shape index (κ2) is 10.1. The van der Waals surface area contributed by atoms with E-state index >= 15 is 0 Å². The molecule has 2 heterocycles. The lowest BCUT2D eigenvalue weighted by Gasteiger charge is -2.34. The number of fused-ring (bicyclic) bond motifs is 1. The SMILES string of the molecule is COc1ccc(CN2CCN(C(=O)/C=C/c3cc(Cl)c4c(c3)OCCO4)CC2)cc1OC. The molecule has 0 saturated carbocycles. The maximum atomic E-state index is 12.7. The second-order valence-corrected chi connectivity index (χ2v) is 8.06. The number of hydrogen-bond acceptors (Lipinski definition) is 6. The summed E-state index contributed by atoms with van der Waals surface area (Å²) in [7, 11) is 3.27. The summed E-state index contributed by atoms with van der Waals surface area (Å²) in [4.78, 5) is 16.9. The van der Waals surface area contributed by atoms with Gasteiger partial charge in [0.2, 0.25) is 5.91 Å². The predicted molar refractivity (Wildman–Crippen MR) is 123 cm³/mol. The molecule has 32 heavy (non-hydrogen) atoms. The van der Waals surface area contributed by atoms with Crippen molar-refractivity contribution in [1.82, 2.24) is 9.80 Å². The van der Waals surface area contributed by atoms with Crippen molar-refractivity contribution in [2.45, 2.75) is 6.54 Å². The number of methoxy groups -OCH3 is 2. The van der Waals surface area contributed by atoms with Crippen molar-refractivity contribution in [2.24, 2.45) is 0 Å². The van der Waals surface area contributed by atoms with E-state index in [2.05, 4.69) is 4.90 Å². The van der Waals surface area contributed by atoms with E-state index in [0.29, 0.717) is 42.8 Å². The first-order valence-corrected chi connectivity index (χ1v) is 10.9. The van der Waals surface area contributed by atoms with E-state index < -0.39 is 0 Å². The molecule has 2 aromatic rings. The van der Waals surface area contributed by atoms with Gasteiger partial charge in [0.15, 0.2) is 23.0 Å². The van der Waals surface area contributed by atoms with Crippen LogP contribution in [0.4, 0.5) is 0 Å². The smallest absolute Gasteiger partial charge is 0.246 e. The summed E-state index contributed by atoms with van der Waals surface area (Å²) in [6, 6.07) is 9.58. The van der Waals surface area contributed by atoms with E-state index in [1.165, 1.54) is 0 Å². The number of amides is 1. The maximum absolute atomic E-state index is 12.7. The fraction of sp³-hybridized carbons (Fsp3) is 0.375. The number of benzene rings is 2. The van der Waals surface area contributed by atoms with Crippen LogP contribution in [0.15, 0.2) is 36.4 Å². The van der Waals surface area contributed by atoms with Crippen molar-refractivity contribution in [2.75, 3.05) is 53.6 Å². The highest BCUT2D eigenvalue weighted by atomic mass is 35.5. The molecule has 1 amide bonds. The summed E-state index contributed by atoms with van der Waals surface area (Å²) in [5.74, 6) is 2.61. The molecule has 1 fully saturated rings. The average Bonchev–Trinajstić information content (AvgIpc) is 2.83. The Morgan fingerprint density at radius 3 is 2.53 bits per heavy atom. The van der Waals surface area contributed by atoms with Crippen LogP contribution < -0.4 is 18.9 Å². The fourth-order valence-corrected chi connectivity index (χ4v) is 4.14. The first-order valence-electron chi connectivity index (χ1n) is 10.6. The summed E-state index contributed by atoms with van der Waals surface area (Å²) in [5.41, 5.74) is 1.96. The van der Waals surface area contributed by atoms with Gasteiger partial charge in [-0.1, -0.05) is 17.7 Å². The first-order chi connectivity index (χ1) is 15.6. The Balaban J connectivity index is 1.31. The van der Waals surface area contributed by atoms with Gasteiger partial charge in [-0.15, -0.1) is 0 Å². The summed E-state index contributed by atoms with van der Waals surface area (Å²) < 4.78 is 21.8. The highest BCUT2D eigenvalue weighted by Crippen LogP contribution is 2.38. The molecule has 4 rings (SSSR count). The molecule has 170 valence electrons. The van der Waals surface area contributed by atoms with E-state index in [1.54, 1.807) is 32.4 Å². The van der Waals surface area contributed by atoms with Crippen LogP contribution in [-0.2, 0) is 11.3 Å². The van der Waals surface area contributed by atoms with Crippen molar-refractivity contribution < 1.29 is 23.7 Å². The molecule has 2 aromatic carbocycles. The number of carbonyl (C=O) groups excluding carboxylic acids is 1.